The van der Waals surface area contributed by atoms with Crippen molar-refractivity contribution in [3.05, 3.63) is 11.8 Å². The molecule has 0 aliphatic heterocycles. The van der Waals surface area contributed by atoms with Crippen molar-refractivity contribution < 1.29 is 4.52 Å². The Kier molecular flexibility index (Phi) is 1.79. The fourth-order valence-corrected chi connectivity index (χ4v) is 3.32. The van der Waals surface area contributed by atoms with Crippen LogP contribution in [0, 0.1) is 17.8 Å². The fourth-order valence-electron chi connectivity index (χ4n) is 3.32. The van der Waals surface area contributed by atoms with Gasteiger partial charge in [0, 0.05) is 6.07 Å². The molecular weight excluding hydrogens is 176 g/mol. The summed E-state index contributed by atoms with van der Waals surface area (Å²) < 4.78 is 4.88. The van der Waals surface area contributed by atoms with Crippen LogP contribution >= 0.6 is 0 Å². The predicted octanol–water partition coefficient (Wildman–Crippen LogP) is 2.24. The van der Waals surface area contributed by atoms with Gasteiger partial charge in [0.25, 0.3) is 0 Å². The summed E-state index contributed by atoms with van der Waals surface area (Å²) in [6.07, 6.45) is 6.82. The maximum absolute atomic E-state index is 5.50. The highest BCUT2D eigenvalue weighted by molar-refractivity contribution is 5.24. The van der Waals surface area contributed by atoms with E-state index < -0.39 is 0 Å². The van der Waals surface area contributed by atoms with E-state index in [2.05, 4.69) is 5.16 Å². The molecule has 2 aliphatic carbocycles. The molecule has 2 N–H and O–H groups in total. The third-order valence-electron chi connectivity index (χ3n) is 3.93. The lowest BCUT2D eigenvalue weighted by Crippen LogP contribution is -2.13. The summed E-state index contributed by atoms with van der Waals surface area (Å²) in [7, 11) is 0. The topological polar surface area (TPSA) is 52.0 Å². The van der Waals surface area contributed by atoms with E-state index in [1.54, 1.807) is 0 Å². The van der Waals surface area contributed by atoms with Gasteiger partial charge in [0.15, 0.2) is 0 Å². The smallest absolute Gasteiger partial charge is 0.222 e. The first-order valence-electron chi connectivity index (χ1n) is 5.52. The van der Waals surface area contributed by atoms with Crippen molar-refractivity contribution in [1.82, 2.24) is 5.16 Å². The SMILES string of the molecule is Nc1cc(CC2CC3CCC2C3)no1. The van der Waals surface area contributed by atoms with Crippen LogP contribution in [0.4, 0.5) is 5.88 Å². The first-order chi connectivity index (χ1) is 6.81. The molecule has 2 aliphatic rings. The van der Waals surface area contributed by atoms with Gasteiger partial charge in [0.2, 0.25) is 5.88 Å². The highest BCUT2D eigenvalue weighted by Crippen LogP contribution is 2.49. The van der Waals surface area contributed by atoms with Crippen molar-refractivity contribution in [3.8, 4) is 0 Å². The highest BCUT2D eigenvalue weighted by atomic mass is 16.5. The maximum Gasteiger partial charge on any atom is 0.222 e. The molecule has 1 aromatic heterocycles. The third kappa shape index (κ3) is 1.31. The Morgan fingerprint density at radius 3 is 2.93 bits per heavy atom. The molecule has 3 unspecified atom stereocenters. The van der Waals surface area contributed by atoms with Crippen LogP contribution in [0.15, 0.2) is 10.6 Å². The standard InChI is InChI=1S/C11H16N2O/c12-11-6-10(13-14-11)5-9-4-7-1-2-8(9)3-7/h6-9H,1-5,12H2. The first kappa shape index (κ1) is 8.33. The molecule has 3 rings (SSSR count). The Labute approximate surface area is 83.6 Å². The van der Waals surface area contributed by atoms with Gasteiger partial charge >= 0.3 is 0 Å². The lowest BCUT2D eigenvalue weighted by molar-refractivity contribution is 0.322. The number of hydrogen-bond acceptors (Lipinski definition) is 3. The monoisotopic (exact) mass is 192 g/mol. The van der Waals surface area contributed by atoms with Crippen molar-refractivity contribution in [2.75, 3.05) is 5.73 Å². The number of nitrogen functional groups attached to an aromatic ring is 1. The third-order valence-corrected chi connectivity index (χ3v) is 3.93. The van der Waals surface area contributed by atoms with Crippen molar-refractivity contribution in [2.45, 2.75) is 32.1 Å². The van der Waals surface area contributed by atoms with Crippen molar-refractivity contribution in [2.24, 2.45) is 17.8 Å². The van der Waals surface area contributed by atoms with E-state index in [-0.39, 0.29) is 0 Å². The van der Waals surface area contributed by atoms with Crippen molar-refractivity contribution in [3.63, 3.8) is 0 Å². The number of fused-ring (bicyclic) bond motifs is 2. The number of aromatic nitrogens is 1. The van der Waals surface area contributed by atoms with Crippen molar-refractivity contribution >= 4 is 5.88 Å². The summed E-state index contributed by atoms with van der Waals surface area (Å²) in [6.45, 7) is 0. The van der Waals surface area contributed by atoms with Gasteiger partial charge < -0.3 is 10.3 Å². The van der Waals surface area contributed by atoms with Gasteiger partial charge in [-0.2, -0.15) is 0 Å². The predicted molar refractivity (Wildman–Crippen MR) is 53.6 cm³/mol. The van der Waals surface area contributed by atoms with Crippen LogP contribution in [-0.4, -0.2) is 5.16 Å². The number of anilines is 1. The minimum atomic E-state index is 0.447. The number of rotatable bonds is 2. The summed E-state index contributed by atoms with van der Waals surface area (Å²) in [5.74, 6) is 3.26. The largest absolute Gasteiger partial charge is 0.368 e. The molecule has 2 bridgehead atoms. The molecule has 0 radical (unpaired) electrons. The number of hydrogen-bond donors (Lipinski definition) is 1. The Bertz CT molecular complexity index is 334. The Balaban J connectivity index is 1.68. The lowest BCUT2D eigenvalue weighted by atomic mass is 9.85. The van der Waals surface area contributed by atoms with Gasteiger partial charge in [-0.15, -0.1) is 0 Å². The van der Waals surface area contributed by atoms with Crippen LogP contribution in [0.5, 0.6) is 0 Å². The van der Waals surface area contributed by atoms with E-state index in [4.69, 9.17) is 10.3 Å². The molecule has 76 valence electrons. The van der Waals surface area contributed by atoms with Gasteiger partial charge in [-0.05, 0) is 43.4 Å². The second-order valence-electron chi connectivity index (χ2n) is 4.86. The normalized spacial score (nSPS) is 35.3. The van der Waals surface area contributed by atoms with E-state index in [9.17, 15) is 0 Å². The molecule has 3 atom stereocenters. The van der Waals surface area contributed by atoms with Gasteiger partial charge in [-0.1, -0.05) is 11.6 Å². The Morgan fingerprint density at radius 2 is 2.36 bits per heavy atom. The summed E-state index contributed by atoms with van der Waals surface area (Å²) >= 11 is 0. The number of nitrogens with zero attached hydrogens (tertiary/aromatic N) is 1. The van der Waals surface area contributed by atoms with Crippen molar-refractivity contribution in [1.29, 1.82) is 0 Å². The Hall–Kier alpha value is -0.990. The quantitative estimate of drug-likeness (QED) is 0.781. The van der Waals surface area contributed by atoms with Gasteiger partial charge in [-0.3, -0.25) is 0 Å². The minimum Gasteiger partial charge on any atom is -0.368 e. The van der Waals surface area contributed by atoms with Crippen LogP contribution < -0.4 is 5.73 Å². The first-order valence-corrected chi connectivity index (χ1v) is 5.52. The molecule has 2 saturated carbocycles. The molecule has 0 amide bonds. The van der Waals surface area contributed by atoms with Crippen LogP contribution in [-0.2, 0) is 6.42 Å². The summed E-state index contributed by atoms with van der Waals surface area (Å²) in [5.41, 5.74) is 6.54. The van der Waals surface area contributed by atoms with Crippen LogP contribution in [0.1, 0.15) is 31.4 Å². The van der Waals surface area contributed by atoms with E-state index in [1.807, 2.05) is 6.07 Å². The van der Waals surface area contributed by atoms with Gasteiger partial charge in [0.05, 0.1) is 5.69 Å². The maximum atomic E-state index is 5.50. The molecule has 0 saturated heterocycles. The summed E-state index contributed by atoms with van der Waals surface area (Å²) in [4.78, 5) is 0. The van der Waals surface area contributed by atoms with Crippen LogP contribution in [0.2, 0.25) is 0 Å². The molecule has 0 spiro atoms. The van der Waals surface area contributed by atoms with Gasteiger partial charge in [0.1, 0.15) is 0 Å². The van der Waals surface area contributed by atoms with Gasteiger partial charge in [-0.25, -0.2) is 0 Å². The van der Waals surface area contributed by atoms with Crippen LogP contribution in [0.3, 0.4) is 0 Å². The van der Waals surface area contributed by atoms with E-state index >= 15 is 0 Å². The molecular formula is C11H16N2O. The zero-order valence-corrected chi connectivity index (χ0v) is 8.28. The highest BCUT2D eigenvalue weighted by Gasteiger charge is 2.39. The minimum absolute atomic E-state index is 0.447. The molecule has 14 heavy (non-hydrogen) atoms. The zero-order valence-electron chi connectivity index (χ0n) is 8.28. The summed E-state index contributed by atoms with van der Waals surface area (Å²) in [6, 6.07) is 1.87. The number of nitrogens with two attached hydrogens (primary N) is 1. The second-order valence-corrected chi connectivity index (χ2v) is 4.86. The zero-order chi connectivity index (χ0) is 9.54. The average Bonchev–Trinajstić information content (AvgIpc) is 2.82. The molecule has 2 fully saturated rings. The molecule has 1 heterocycles. The molecule has 0 aromatic carbocycles. The Morgan fingerprint density at radius 1 is 1.43 bits per heavy atom. The fraction of sp³-hybridized carbons (Fsp3) is 0.727. The van der Waals surface area contributed by atoms with Crippen LogP contribution in [0.25, 0.3) is 0 Å². The van der Waals surface area contributed by atoms with E-state index in [1.165, 1.54) is 25.7 Å². The lowest BCUT2D eigenvalue weighted by Gasteiger charge is -2.19. The molecule has 3 nitrogen and oxygen atoms in total. The second kappa shape index (κ2) is 3.01. The summed E-state index contributed by atoms with van der Waals surface area (Å²) in [5, 5.41) is 3.96. The van der Waals surface area contributed by atoms with E-state index in [0.717, 1.165) is 29.9 Å². The molecule has 1 aromatic rings. The van der Waals surface area contributed by atoms with E-state index in [0.29, 0.717) is 5.88 Å². The average molecular weight is 192 g/mol. The molecule has 3 heteroatoms.